The fourth-order valence-corrected chi connectivity index (χ4v) is 2.37. The predicted octanol–water partition coefficient (Wildman–Crippen LogP) is 2.16. The Morgan fingerprint density at radius 1 is 1.35 bits per heavy atom. The van der Waals surface area contributed by atoms with E-state index < -0.39 is 0 Å². The minimum atomic E-state index is 0.582. The molecular formula is C14H30N2O. The topological polar surface area (TPSA) is 47.3 Å². The van der Waals surface area contributed by atoms with Crippen LogP contribution in [0.15, 0.2) is 0 Å². The van der Waals surface area contributed by atoms with Crippen LogP contribution in [0.25, 0.3) is 0 Å². The Morgan fingerprint density at radius 3 is 2.71 bits per heavy atom. The first-order valence-electron chi connectivity index (χ1n) is 7.12. The summed E-state index contributed by atoms with van der Waals surface area (Å²) in [7, 11) is 1.79. The van der Waals surface area contributed by atoms with Gasteiger partial charge >= 0.3 is 0 Å². The second-order valence-corrected chi connectivity index (χ2v) is 5.74. The molecule has 0 aliphatic heterocycles. The number of hydrogen-bond acceptors (Lipinski definition) is 3. The molecule has 1 fully saturated rings. The Balaban J connectivity index is 1.93. The van der Waals surface area contributed by atoms with Crippen molar-refractivity contribution in [3.63, 3.8) is 0 Å². The van der Waals surface area contributed by atoms with Gasteiger partial charge in [0.15, 0.2) is 0 Å². The highest BCUT2D eigenvalue weighted by atomic mass is 16.5. The molecule has 0 aromatic heterocycles. The summed E-state index contributed by atoms with van der Waals surface area (Å²) in [6, 6.07) is 0. The van der Waals surface area contributed by atoms with Crippen LogP contribution < -0.4 is 11.1 Å². The third-order valence-corrected chi connectivity index (χ3v) is 4.00. The van der Waals surface area contributed by atoms with Gasteiger partial charge in [0.2, 0.25) is 0 Å². The Labute approximate surface area is 106 Å². The normalized spacial score (nSPS) is 19.2. The smallest absolute Gasteiger partial charge is 0.0468 e. The lowest BCUT2D eigenvalue weighted by atomic mass is 10.0. The SMILES string of the molecule is COCCC1(CNCCCC(C)CCN)CC1. The van der Waals surface area contributed by atoms with Crippen LogP contribution in [0.3, 0.4) is 0 Å². The monoisotopic (exact) mass is 242 g/mol. The van der Waals surface area contributed by atoms with Crippen molar-refractivity contribution in [2.75, 3.05) is 33.4 Å². The Hall–Kier alpha value is -0.120. The van der Waals surface area contributed by atoms with Crippen molar-refractivity contribution < 1.29 is 4.74 Å². The van der Waals surface area contributed by atoms with E-state index in [4.69, 9.17) is 10.5 Å². The van der Waals surface area contributed by atoms with E-state index in [1.807, 2.05) is 0 Å². The molecular weight excluding hydrogens is 212 g/mol. The van der Waals surface area contributed by atoms with Gasteiger partial charge in [0.25, 0.3) is 0 Å². The lowest BCUT2D eigenvalue weighted by molar-refractivity contribution is 0.171. The highest BCUT2D eigenvalue weighted by molar-refractivity contribution is 4.94. The molecule has 0 aromatic carbocycles. The molecule has 102 valence electrons. The van der Waals surface area contributed by atoms with Crippen LogP contribution in [-0.4, -0.2) is 33.4 Å². The van der Waals surface area contributed by atoms with Gasteiger partial charge < -0.3 is 15.8 Å². The first-order valence-corrected chi connectivity index (χ1v) is 7.12. The van der Waals surface area contributed by atoms with Gasteiger partial charge in [0, 0.05) is 20.3 Å². The highest BCUT2D eigenvalue weighted by Crippen LogP contribution is 2.48. The van der Waals surface area contributed by atoms with Gasteiger partial charge in [-0.25, -0.2) is 0 Å². The maximum absolute atomic E-state index is 5.54. The van der Waals surface area contributed by atoms with Gasteiger partial charge in [-0.3, -0.25) is 0 Å². The van der Waals surface area contributed by atoms with Crippen molar-refractivity contribution in [2.24, 2.45) is 17.1 Å². The molecule has 3 nitrogen and oxygen atoms in total. The van der Waals surface area contributed by atoms with Crippen LogP contribution in [0.5, 0.6) is 0 Å². The molecule has 0 bridgehead atoms. The summed E-state index contributed by atoms with van der Waals surface area (Å²) < 4.78 is 5.16. The van der Waals surface area contributed by atoms with Crippen LogP contribution in [0.1, 0.15) is 45.4 Å². The van der Waals surface area contributed by atoms with Gasteiger partial charge in [0.05, 0.1) is 0 Å². The molecule has 3 N–H and O–H groups in total. The quantitative estimate of drug-likeness (QED) is 0.546. The summed E-state index contributed by atoms with van der Waals surface area (Å²) in [4.78, 5) is 0. The zero-order valence-corrected chi connectivity index (χ0v) is 11.6. The predicted molar refractivity (Wildman–Crippen MR) is 73.1 cm³/mol. The van der Waals surface area contributed by atoms with Crippen molar-refractivity contribution in [3.05, 3.63) is 0 Å². The van der Waals surface area contributed by atoms with Crippen molar-refractivity contribution in [1.29, 1.82) is 0 Å². The van der Waals surface area contributed by atoms with Crippen molar-refractivity contribution in [2.45, 2.75) is 45.4 Å². The molecule has 0 spiro atoms. The Bertz CT molecular complexity index is 193. The van der Waals surface area contributed by atoms with Crippen LogP contribution in [0.4, 0.5) is 0 Å². The van der Waals surface area contributed by atoms with Crippen LogP contribution in [0, 0.1) is 11.3 Å². The zero-order chi connectivity index (χ0) is 12.6. The van der Waals surface area contributed by atoms with E-state index in [-0.39, 0.29) is 0 Å². The lowest BCUT2D eigenvalue weighted by Crippen LogP contribution is -2.26. The first-order chi connectivity index (χ1) is 8.22. The van der Waals surface area contributed by atoms with E-state index in [1.54, 1.807) is 7.11 Å². The van der Waals surface area contributed by atoms with Crippen molar-refractivity contribution in [3.8, 4) is 0 Å². The van der Waals surface area contributed by atoms with Crippen LogP contribution in [0.2, 0.25) is 0 Å². The van der Waals surface area contributed by atoms with Crippen molar-refractivity contribution >= 4 is 0 Å². The van der Waals surface area contributed by atoms with E-state index in [0.717, 1.165) is 32.0 Å². The summed E-state index contributed by atoms with van der Waals surface area (Å²) in [5, 5.41) is 3.61. The Morgan fingerprint density at radius 2 is 2.12 bits per heavy atom. The molecule has 0 heterocycles. The largest absolute Gasteiger partial charge is 0.385 e. The average molecular weight is 242 g/mol. The van der Waals surface area contributed by atoms with Gasteiger partial charge in [0.1, 0.15) is 0 Å². The second kappa shape index (κ2) is 8.06. The van der Waals surface area contributed by atoms with Crippen molar-refractivity contribution in [1.82, 2.24) is 5.32 Å². The molecule has 0 aromatic rings. The standard InChI is InChI=1S/C14H30N2O/c1-13(5-9-15)4-3-10-16-12-14(6-7-14)8-11-17-2/h13,16H,3-12,15H2,1-2H3. The van der Waals surface area contributed by atoms with Crippen LogP contribution >= 0.6 is 0 Å². The van der Waals surface area contributed by atoms with E-state index in [1.165, 1.54) is 38.6 Å². The number of nitrogens with two attached hydrogens (primary N) is 1. The molecule has 1 saturated carbocycles. The fraction of sp³-hybridized carbons (Fsp3) is 1.00. The Kier molecular flexibility index (Phi) is 7.09. The number of hydrogen-bond donors (Lipinski definition) is 2. The first kappa shape index (κ1) is 14.9. The van der Waals surface area contributed by atoms with E-state index in [0.29, 0.717) is 5.41 Å². The van der Waals surface area contributed by atoms with E-state index in [9.17, 15) is 0 Å². The molecule has 1 unspecified atom stereocenters. The minimum absolute atomic E-state index is 0.582. The molecule has 17 heavy (non-hydrogen) atoms. The fourth-order valence-electron chi connectivity index (χ4n) is 2.37. The molecule has 0 amide bonds. The summed E-state index contributed by atoms with van der Waals surface area (Å²) >= 11 is 0. The highest BCUT2D eigenvalue weighted by Gasteiger charge is 2.41. The number of rotatable bonds is 11. The van der Waals surface area contributed by atoms with Gasteiger partial charge in [-0.15, -0.1) is 0 Å². The molecule has 0 radical (unpaired) electrons. The summed E-state index contributed by atoms with van der Waals surface area (Å²) in [5.41, 5.74) is 6.13. The number of ether oxygens (including phenoxy) is 1. The number of methoxy groups -OCH3 is 1. The van der Waals surface area contributed by atoms with Gasteiger partial charge in [-0.1, -0.05) is 6.92 Å². The van der Waals surface area contributed by atoms with Crippen LogP contribution in [-0.2, 0) is 4.74 Å². The summed E-state index contributed by atoms with van der Waals surface area (Å²) in [6.07, 6.45) is 7.73. The average Bonchev–Trinajstić information content (AvgIpc) is 3.07. The molecule has 1 aliphatic rings. The third kappa shape index (κ3) is 6.39. The zero-order valence-electron chi connectivity index (χ0n) is 11.6. The van der Waals surface area contributed by atoms with Gasteiger partial charge in [-0.05, 0) is 62.9 Å². The summed E-state index contributed by atoms with van der Waals surface area (Å²) in [6.45, 7) is 6.38. The minimum Gasteiger partial charge on any atom is -0.385 e. The molecule has 1 atom stereocenters. The lowest BCUT2D eigenvalue weighted by Gasteiger charge is -2.16. The molecule has 3 heteroatoms. The summed E-state index contributed by atoms with van der Waals surface area (Å²) in [5.74, 6) is 0.783. The maximum atomic E-state index is 5.54. The van der Waals surface area contributed by atoms with E-state index >= 15 is 0 Å². The molecule has 0 saturated heterocycles. The third-order valence-electron chi connectivity index (χ3n) is 4.00. The van der Waals surface area contributed by atoms with Gasteiger partial charge in [-0.2, -0.15) is 0 Å². The van der Waals surface area contributed by atoms with E-state index in [2.05, 4.69) is 12.2 Å². The number of nitrogens with one attached hydrogen (secondary N) is 1. The second-order valence-electron chi connectivity index (χ2n) is 5.74. The molecule has 1 aliphatic carbocycles. The maximum Gasteiger partial charge on any atom is 0.0468 e. The molecule has 1 rings (SSSR count).